The van der Waals surface area contributed by atoms with Crippen LogP contribution < -0.4 is 10.6 Å². The lowest BCUT2D eigenvalue weighted by molar-refractivity contribution is -0.121. The Morgan fingerprint density at radius 1 is 1.35 bits per heavy atom. The van der Waals surface area contributed by atoms with Crippen molar-refractivity contribution in [3.63, 3.8) is 0 Å². The predicted octanol–water partition coefficient (Wildman–Crippen LogP) is -0.200. The predicted molar refractivity (Wildman–Crippen MR) is 63.6 cm³/mol. The molecule has 0 radical (unpaired) electrons. The molecule has 0 aromatic rings. The molecule has 0 atom stereocenters. The highest BCUT2D eigenvalue weighted by atomic mass is 16.5. The smallest absolute Gasteiger partial charge is 0.413 e. The molecule has 0 aromatic carbocycles. The topological polar surface area (TPSA) is 70.7 Å². The number of nitrogens with one attached hydrogen (secondary N) is 2. The highest BCUT2D eigenvalue weighted by Gasteiger charge is 2.20. The first-order valence-electron chi connectivity index (χ1n) is 5.90. The minimum absolute atomic E-state index is 0.265. The molecule has 0 spiro atoms. The molecule has 0 aromatic heterocycles. The van der Waals surface area contributed by atoms with E-state index < -0.39 is 6.09 Å². The third-order valence-electron chi connectivity index (χ3n) is 2.99. The SMILES string of the molecule is CNCC1CCN(CC(=O)NC(=O)OC)CC1. The fraction of sp³-hybridized carbons (Fsp3) is 0.818. The standard InChI is InChI=1S/C11H21N3O3/c1-12-7-9-3-5-14(6-4-9)8-10(15)13-11(16)17-2/h9,12H,3-8H2,1-2H3,(H,13,15,16). The average Bonchev–Trinajstić information content (AvgIpc) is 2.31. The lowest BCUT2D eigenvalue weighted by Gasteiger charge is -2.31. The molecule has 17 heavy (non-hydrogen) atoms. The van der Waals surface area contributed by atoms with Crippen LogP contribution in [0.15, 0.2) is 0 Å². The van der Waals surface area contributed by atoms with Gasteiger partial charge in [-0.2, -0.15) is 0 Å². The lowest BCUT2D eigenvalue weighted by atomic mass is 9.97. The highest BCUT2D eigenvalue weighted by Crippen LogP contribution is 2.15. The van der Waals surface area contributed by atoms with Gasteiger partial charge >= 0.3 is 6.09 Å². The van der Waals surface area contributed by atoms with Crippen LogP contribution in [0.1, 0.15) is 12.8 Å². The fourth-order valence-electron chi connectivity index (χ4n) is 2.04. The summed E-state index contributed by atoms with van der Waals surface area (Å²) in [5.74, 6) is 0.392. The van der Waals surface area contributed by atoms with Crippen molar-refractivity contribution < 1.29 is 14.3 Å². The Hall–Kier alpha value is -1.14. The Morgan fingerprint density at radius 3 is 2.53 bits per heavy atom. The van der Waals surface area contributed by atoms with Crippen LogP contribution in [0.25, 0.3) is 0 Å². The molecule has 6 heteroatoms. The second-order valence-corrected chi connectivity index (χ2v) is 4.32. The number of hydrogen-bond donors (Lipinski definition) is 2. The van der Waals surface area contributed by atoms with E-state index in [2.05, 4.69) is 20.3 Å². The van der Waals surface area contributed by atoms with Gasteiger partial charge < -0.3 is 10.1 Å². The van der Waals surface area contributed by atoms with E-state index in [1.807, 2.05) is 7.05 Å². The molecule has 6 nitrogen and oxygen atoms in total. The Kier molecular flexibility index (Phi) is 5.93. The summed E-state index contributed by atoms with van der Waals surface area (Å²) < 4.78 is 4.36. The number of ether oxygens (including phenoxy) is 1. The second-order valence-electron chi connectivity index (χ2n) is 4.32. The van der Waals surface area contributed by atoms with Crippen LogP contribution in [0.3, 0.4) is 0 Å². The third kappa shape index (κ3) is 5.14. The van der Waals surface area contributed by atoms with E-state index in [0.717, 1.165) is 32.5 Å². The van der Waals surface area contributed by atoms with Crippen molar-refractivity contribution >= 4 is 12.0 Å². The molecular formula is C11H21N3O3. The van der Waals surface area contributed by atoms with E-state index in [9.17, 15) is 9.59 Å². The summed E-state index contributed by atoms with van der Waals surface area (Å²) in [5.41, 5.74) is 0. The second kappa shape index (κ2) is 7.24. The van der Waals surface area contributed by atoms with Gasteiger partial charge in [-0.1, -0.05) is 0 Å². The number of imide groups is 1. The Labute approximate surface area is 102 Å². The molecule has 1 fully saturated rings. The van der Waals surface area contributed by atoms with Crippen molar-refractivity contribution in [2.24, 2.45) is 5.92 Å². The first kappa shape index (κ1) is 13.9. The van der Waals surface area contributed by atoms with Crippen LogP contribution in [-0.4, -0.2) is 57.2 Å². The molecule has 1 aliphatic heterocycles. The van der Waals surface area contributed by atoms with Crippen molar-refractivity contribution in [2.75, 3.05) is 40.3 Å². The summed E-state index contributed by atoms with van der Waals surface area (Å²) in [7, 11) is 3.20. The zero-order valence-electron chi connectivity index (χ0n) is 10.5. The van der Waals surface area contributed by atoms with E-state index in [1.54, 1.807) is 0 Å². The zero-order chi connectivity index (χ0) is 12.7. The van der Waals surface area contributed by atoms with Gasteiger partial charge in [-0.05, 0) is 45.4 Å². The maximum atomic E-state index is 11.4. The number of alkyl carbamates (subject to hydrolysis) is 1. The van der Waals surface area contributed by atoms with Crippen LogP contribution in [-0.2, 0) is 9.53 Å². The first-order chi connectivity index (χ1) is 8.15. The molecule has 1 heterocycles. The Balaban J connectivity index is 2.21. The van der Waals surface area contributed by atoms with Gasteiger partial charge in [-0.3, -0.25) is 15.0 Å². The molecule has 2 amide bonds. The van der Waals surface area contributed by atoms with Crippen LogP contribution in [0.5, 0.6) is 0 Å². The van der Waals surface area contributed by atoms with Crippen LogP contribution in [0.2, 0.25) is 0 Å². The van der Waals surface area contributed by atoms with Gasteiger partial charge in [0.25, 0.3) is 0 Å². The maximum Gasteiger partial charge on any atom is 0.413 e. The molecule has 0 aliphatic carbocycles. The first-order valence-corrected chi connectivity index (χ1v) is 5.90. The summed E-state index contributed by atoms with van der Waals surface area (Å²) in [4.78, 5) is 24.3. The van der Waals surface area contributed by atoms with Gasteiger partial charge in [0.2, 0.25) is 5.91 Å². The van der Waals surface area contributed by atoms with Crippen molar-refractivity contribution in [3.05, 3.63) is 0 Å². The lowest BCUT2D eigenvalue weighted by Crippen LogP contribution is -2.44. The van der Waals surface area contributed by atoms with Gasteiger partial charge in [0.05, 0.1) is 13.7 Å². The van der Waals surface area contributed by atoms with Crippen LogP contribution in [0.4, 0.5) is 4.79 Å². The van der Waals surface area contributed by atoms with Gasteiger partial charge in [-0.25, -0.2) is 4.79 Å². The molecular weight excluding hydrogens is 222 g/mol. The van der Waals surface area contributed by atoms with E-state index in [-0.39, 0.29) is 12.5 Å². The van der Waals surface area contributed by atoms with Crippen molar-refractivity contribution in [1.82, 2.24) is 15.5 Å². The molecule has 0 saturated carbocycles. The molecule has 98 valence electrons. The summed E-state index contributed by atoms with van der Waals surface area (Å²) in [6.07, 6.45) is 1.48. The minimum atomic E-state index is -0.694. The fourth-order valence-corrected chi connectivity index (χ4v) is 2.04. The Bertz CT molecular complexity index is 263. The summed E-state index contributed by atoms with van der Waals surface area (Å²) >= 11 is 0. The molecule has 1 aliphatic rings. The van der Waals surface area contributed by atoms with Gasteiger partial charge in [0.1, 0.15) is 0 Å². The monoisotopic (exact) mass is 243 g/mol. The van der Waals surface area contributed by atoms with Crippen LogP contribution in [0, 0.1) is 5.92 Å². The van der Waals surface area contributed by atoms with E-state index >= 15 is 0 Å². The van der Waals surface area contributed by atoms with Gasteiger partial charge in [0.15, 0.2) is 0 Å². The number of likely N-dealkylation sites (tertiary alicyclic amines) is 1. The van der Waals surface area contributed by atoms with E-state index in [0.29, 0.717) is 5.92 Å². The molecule has 1 rings (SSSR count). The minimum Gasteiger partial charge on any atom is -0.453 e. The van der Waals surface area contributed by atoms with Gasteiger partial charge in [0, 0.05) is 0 Å². The van der Waals surface area contributed by atoms with E-state index in [1.165, 1.54) is 7.11 Å². The number of carbonyl (C=O) groups excluding carboxylic acids is 2. The van der Waals surface area contributed by atoms with Crippen molar-refractivity contribution in [1.29, 1.82) is 0 Å². The Morgan fingerprint density at radius 2 is 2.00 bits per heavy atom. The maximum absolute atomic E-state index is 11.4. The number of piperidine rings is 1. The molecule has 0 unspecified atom stereocenters. The zero-order valence-corrected chi connectivity index (χ0v) is 10.5. The van der Waals surface area contributed by atoms with Crippen molar-refractivity contribution in [2.45, 2.75) is 12.8 Å². The number of hydrogen-bond acceptors (Lipinski definition) is 5. The summed E-state index contributed by atoms with van der Waals surface area (Å²) in [5, 5.41) is 5.33. The average molecular weight is 243 g/mol. The van der Waals surface area contributed by atoms with E-state index in [4.69, 9.17) is 0 Å². The number of amides is 2. The molecule has 1 saturated heterocycles. The highest BCUT2D eigenvalue weighted by molar-refractivity contribution is 5.92. The number of carbonyl (C=O) groups is 2. The quantitative estimate of drug-likeness (QED) is 0.715. The normalized spacial score (nSPS) is 17.8. The molecule has 0 bridgehead atoms. The number of methoxy groups -OCH3 is 1. The number of nitrogens with zero attached hydrogens (tertiary/aromatic N) is 1. The number of rotatable bonds is 4. The van der Waals surface area contributed by atoms with Crippen molar-refractivity contribution in [3.8, 4) is 0 Å². The van der Waals surface area contributed by atoms with Crippen LogP contribution >= 0.6 is 0 Å². The summed E-state index contributed by atoms with van der Waals surface area (Å²) in [6, 6.07) is 0. The third-order valence-corrected chi connectivity index (χ3v) is 2.99. The van der Waals surface area contributed by atoms with Gasteiger partial charge in [-0.15, -0.1) is 0 Å². The largest absolute Gasteiger partial charge is 0.453 e. The molecule has 2 N–H and O–H groups in total. The summed E-state index contributed by atoms with van der Waals surface area (Å²) in [6.45, 7) is 3.10.